The molecule has 0 radical (unpaired) electrons. The summed E-state index contributed by atoms with van der Waals surface area (Å²) >= 11 is 0. The number of aliphatic hydroxyl groups excluding tert-OH is 1. The Balaban J connectivity index is 2.53. The molecule has 188 valence electrons. The van der Waals surface area contributed by atoms with Crippen molar-refractivity contribution in [2.75, 3.05) is 13.6 Å². The van der Waals surface area contributed by atoms with E-state index < -0.39 is 71.5 Å². The highest BCUT2D eigenvalue weighted by Gasteiger charge is 2.45. The lowest BCUT2D eigenvalue weighted by Gasteiger charge is -2.34. The smallest absolute Gasteiger partial charge is 0.329 e. The standard InChI is InChI=1S/C20H29N5O9/c1-8-6-12-20(32)34-11(4)18(30)23(5)13(14(26)15(21)27)19(31)25(33)10(3)16(28)22-9(2)17(29)24(12)7-8/h8,10-14,26,33H,2,6-7H2,1,3-5H3,(H2,21,27)(H,22,28). The third kappa shape index (κ3) is 5.17. The third-order valence-corrected chi connectivity index (χ3v) is 5.80. The van der Waals surface area contributed by atoms with Crippen LogP contribution in [0.25, 0.3) is 0 Å². The molecule has 6 unspecified atom stereocenters. The SMILES string of the molecule is C=C1NC(=O)C(C)N(O)C(=O)C(C(O)C(N)=O)N(C)C(=O)C(C)OC(=O)C2CC(C)CN2C1=O. The fourth-order valence-electron chi connectivity index (χ4n) is 3.81. The number of nitrogens with two attached hydrogens (primary N) is 1. The third-order valence-electron chi connectivity index (χ3n) is 5.80. The van der Waals surface area contributed by atoms with Gasteiger partial charge in [0.25, 0.3) is 17.7 Å². The van der Waals surface area contributed by atoms with Gasteiger partial charge < -0.3 is 30.7 Å². The van der Waals surface area contributed by atoms with E-state index in [1.54, 1.807) is 6.92 Å². The molecule has 14 heteroatoms. The van der Waals surface area contributed by atoms with Crippen LogP contribution in [0.2, 0.25) is 0 Å². The number of cyclic esters (lactones) is 1. The van der Waals surface area contributed by atoms with Crippen LogP contribution < -0.4 is 11.1 Å². The largest absolute Gasteiger partial charge is 0.451 e. The van der Waals surface area contributed by atoms with Gasteiger partial charge in [0.2, 0.25) is 11.8 Å². The van der Waals surface area contributed by atoms with E-state index in [1.165, 1.54) is 6.92 Å². The highest BCUT2D eigenvalue weighted by molar-refractivity contribution is 6.01. The molecular formula is C20H29N5O9. The predicted octanol–water partition coefficient (Wildman–Crippen LogP) is -2.92. The molecule has 5 amide bonds. The minimum Gasteiger partial charge on any atom is -0.451 e. The number of esters is 1. The lowest BCUT2D eigenvalue weighted by molar-refractivity contribution is -0.189. The molecule has 34 heavy (non-hydrogen) atoms. The molecule has 6 atom stereocenters. The number of ether oxygens (including phenoxy) is 1. The van der Waals surface area contributed by atoms with Gasteiger partial charge in [-0.15, -0.1) is 0 Å². The summed E-state index contributed by atoms with van der Waals surface area (Å²) in [7, 11) is 1.02. The summed E-state index contributed by atoms with van der Waals surface area (Å²) in [5.74, 6) is -6.65. The summed E-state index contributed by atoms with van der Waals surface area (Å²) in [6, 6.07) is -4.76. The Morgan fingerprint density at radius 2 is 1.76 bits per heavy atom. The summed E-state index contributed by atoms with van der Waals surface area (Å²) < 4.78 is 5.22. The first kappa shape index (κ1) is 26.7. The number of nitrogens with zero attached hydrogens (tertiary/aromatic N) is 3. The van der Waals surface area contributed by atoms with E-state index in [-0.39, 0.29) is 23.9 Å². The van der Waals surface area contributed by atoms with Crippen molar-refractivity contribution in [1.29, 1.82) is 0 Å². The molecule has 14 nitrogen and oxygen atoms in total. The molecule has 0 aliphatic carbocycles. The van der Waals surface area contributed by atoms with Crippen molar-refractivity contribution in [2.24, 2.45) is 11.7 Å². The van der Waals surface area contributed by atoms with Crippen LogP contribution in [0.3, 0.4) is 0 Å². The van der Waals surface area contributed by atoms with Crippen LogP contribution in [0.4, 0.5) is 0 Å². The number of fused-ring (bicyclic) bond motifs is 1. The molecule has 0 spiro atoms. The minimum atomic E-state index is -2.27. The molecule has 2 rings (SSSR count). The van der Waals surface area contributed by atoms with Gasteiger partial charge in [0.15, 0.2) is 12.2 Å². The number of likely N-dealkylation sites (N-methyl/N-ethyl adjacent to an activating group) is 1. The number of hydrogen-bond donors (Lipinski definition) is 4. The van der Waals surface area contributed by atoms with Gasteiger partial charge in [-0.25, -0.2) is 9.86 Å². The zero-order valence-corrected chi connectivity index (χ0v) is 19.3. The number of carbonyl (C=O) groups excluding carboxylic acids is 6. The number of amides is 5. The van der Waals surface area contributed by atoms with Gasteiger partial charge in [-0.05, 0) is 26.2 Å². The highest BCUT2D eigenvalue weighted by atomic mass is 16.6. The van der Waals surface area contributed by atoms with Crippen LogP contribution in [-0.4, -0.2) is 105 Å². The van der Waals surface area contributed by atoms with Gasteiger partial charge >= 0.3 is 5.97 Å². The van der Waals surface area contributed by atoms with E-state index in [1.807, 2.05) is 0 Å². The molecule has 5 N–H and O–H groups in total. The number of nitrogens with one attached hydrogen (secondary N) is 1. The first-order valence-corrected chi connectivity index (χ1v) is 10.5. The summed E-state index contributed by atoms with van der Waals surface area (Å²) in [4.78, 5) is 77.4. The number of carbonyl (C=O) groups is 6. The average molecular weight is 483 g/mol. The molecule has 2 aliphatic heterocycles. The van der Waals surface area contributed by atoms with Gasteiger partial charge in [0, 0.05) is 13.6 Å². The Labute approximate surface area is 195 Å². The Morgan fingerprint density at radius 3 is 2.32 bits per heavy atom. The van der Waals surface area contributed by atoms with Crippen molar-refractivity contribution in [1.82, 2.24) is 20.2 Å². The van der Waals surface area contributed by atoms with Crippen LogP contribution in [0.1, 0.15) is 27.2 Å². The van der Waals surface area contributed by atoms with Gasteiger partial charge in [0.05, 0.1) is 5.70 Å². The number of aliphatic hydroxyl groups is 1. The van der Waals surface area contributed by atoms with Crippen LogP contribution in [-0.2, 0) is 33.5 Å². The van der Waals surface area contributed by atoms with Crippen LogP contribution in [0.15, 0.2) is 12.3 Å². The molecule has 2 heterocycles. The van der Waals surface area contributed by atoms with Crippen molar-refractivity contribution < 1.29 is 43.8 Å². The number of hydroxylamine groups is 2. The quantitative estimate of drug-likeness (QED) is 0.180. The van der Waals surface area contributed by atoms with E-state index in [2.05, 4.69) is 11.9 Å². The Morgan fingerprint density at radius 1 is 1.18 bits per heavy atom. The normalized spacial score (nSPS) is 30.9. The maximum Gasteiger partial charge on any atom is 0.329 e. The monoisotopic (exact) mass is 483 g/mol. The fraction of sp³-hybridized carbons (Fsp3) is 0.600. The predicted molar refractivity (Wildman–Crippen MR) is 112 cm³/mol. The molecule has 0 aromatic rings. The van der Waals surface area contributed by atoms with Crippen LogP contribution >= 0.6 is 0 Å². The Bertz CT molecular complexity index is 922. The average Bonchev–Trinajstić information content (AvgIpc) is 3.17. The second-order valence-corrected chi connectivity index (χ2v) is 8.46. The van der Waals surface area contributed by atoms with E-state index >= 15 is 0 Å². The molecule has 2 fully saturated rings. The second kappa shape index (κ2) is 10.2. The molecule has 2 saturated heterocycles. The molecular weight excluding hydrogens is 454 g/mol. The molecule has 0 bridgehead atoms. The van der Waals surface area contributed by atoms with E-state index in [0.29, 0.717) is 4.90 Å². The number of rotatable bonds is 2. The Kier molecular flexibility index (Phi) is 8.00. The number of primary amides is 1. The highest BCUT2D eigenvalue weighted by Crippen LogP contribution is 2.26. The first-order valence-electron chi connectivity index (χ1n) is 10.5. The van der Waals surface area contributed by atoms with Gasteiger partial charge in [-0.2, -0.15) is 0 Å². The van der Waals surface area contributed by atoms with E-state index in [0.717, 1.165) is 18.9 Å². The molecule has 0 aromatic carbocycles. The number of hydrogen-bond acceptors (Lipinski definition) is 9. The first-order chi connectivity index (χ1) is 15.7. The summed E-state index contributed by atoms with van der Waals surface area (Å²) in [6.07, 6.45) is -3.55. The van der Waals surface area contributed by atoms with Crippen LogP contribution in [0.5, 0.6) is 0 Å². The van der Waals surface area contributed by atoms with Crippen molar-refractivity contribution in [3.05, 3.63) is 12.3 Å². The van der Waals surface area contributed by atoms with Gasteiger partial charge in [0.1, 0.15) is 18.1 Å². The topological polar surface area (TPSA) is 200 Å². The van der Waals surface area contributed by atoms with Crippen molar-refractivity contribution >= 4 is 35.5 Å². The maximum absolute atomic E-state index is 12.9. The Hall–Kier alpha value is -3.52. The van der Waals surface area contributed by atoms with Crippen LogP contribution in [0, 0.1) is 5.92 Å². The zero-order valence-electron chi connectivity index (χ0n) is 19.3. The molecule has 2 aliphatic rings. The maximum atomic E-state index is 12.9. The van der Waals surface area contributed by atoms with Crippen molar-refractivity contribution in [2.45, 2.75) is 57.5 Å². The van der Waals surface area contributed by atoms with E-state index in [9.17, 15) is 39.1 Å². The second-order valence-electron chi connectivity index (χ2n) is 8.46. The fourth-order valence-corrected chi connectivity index (χ4v) is 3.81. The van der Waals surface area contributed by atoms with Gasteiger partial charge in [-0.3, -0.25) is 29.2 Å². The van der Waals surface area contributed by atoms with Gasteiger partial charge in [-0.1, -0.05) is 13.5 Å². The lowest BCUT2D eigenvalue weighted by atomic mass is 10.1. The summed E-state index contributed by atoms with van der Waals surface area (Å²) in [5, 5.41) is 22.6. The zero-order chi connectivity index (χ0) is 26.1. The minimum absolute atomic E-state index is 0.0999. The van der Waals surface area contributed by atoms with Crippen molar-refractivity contribution in [3.8, 4) is 0 Å². The molecule has 0 saturated carbocycles. The summed E-state index contributed by atoms with van der Waals surface area (Å²) in [6.45, 7) is 7.74. The summed E-state index contributed by atoms with van der Waals surface area (Å²) in [5.41, 5.74) is 4.67. The molecule has 0 aromatic heterocycles. The lowest BCUT2D eigenvalue weighted by Crippen LogP contribution is -2.61. The van der Waals surface area contributed by atoms with Crippen molar-refractivity contribution in [3.63, 3.8) is 0 Å². The van der Waals surface area contributed by atoms with E-state index in [4.69, 9.17) is 10.5 Å².